The van der Waals surface area contributed by atoms with Crippen LogP contribution in [0.4, 0.5) is 5.69 Å². The Morgan fingerprint density at radius 3 is 2.73 bits per heavy atom. The first-order valence-corrected chi connectivity index (χ1v) is 8.77. The highest BCUT2D eigenvalue weighted by atomic mass is 79.9. The molecule has 3 rings (SSSR count). The Kier molecular flexibility index (Phi) is 5.43. The van der Waals surface area contributed by atoms with Gasteiger partial charge in [-0.2, -0.15) is 0 Å². The van der Waals surface area contributed by atoms with Crippen molar-refractivity contribution in [1.82, 2.24) is 14.9 Å². The van der Waals surface area contributed by atoms with Crippen molar-refractivity contribution in [3.63, 3.8) is 0 Å². The summed E-state index contributed by atoms with van der Waals surface area (Å²) in [6.45, 7) is 0.789. The minimum Gasteiger partial charge on any atom is -0.496 e. The van der Waals surface area contributed by atoms with E-state index in [9.17, 15) is 9.59 Å². The zero-order valence-electron chi connectivity index (χ0n) is 14.4. The van der Waals surface area contributed by atoms with Crippen molar-refractivity contribution in [2.24, 2.45) is 0 Å². The van der Waals surface area contributed by atoms with Gasteiger partial charge in [-0.1, -0.05) is 15.9 Å². The van der Waals surface area contributed by atoms with Crippen LogP contribution in [0.25, 0.3) is 11.0 Å². The van der Waals surface area contributed by atoms with Crippen molar-refractivity contribution in [1.29, 1.82) is 0 Å². The first-order chi connectivity index (χ1) is 12.4. The molecule has 8 heteroatoms. The van der Waals surface area contributed by atoms with Crippen LogP contribution in [0.2, 0.25) is 0 Å². The molecule has 1 aromatic heterocycles. The maximum Gasteiger partial charge on any atom is 0.323 e. The normalized spacial score (nSPS) is 11.1. The van der Waals surface area contributed by atoms with Crippen molar-refractivity contribution in [3.8, 4) is 5.75 Å². The van der Waals surface area contributed by atoms with Crippen LogP contribution in [0.15, 0.2) is 45.7 Å². The molecule has 3 aromatic rings. The van der Waals surface area contributed by atoms with Crippen LogP contribution < -0.4 is 15.7 Å². The third-order valence-electron chi connectivity index (χ3n) is 3.90. The fourth-order valence-electron chi connectivity index (χ4n) is 2.77. The van der Waals surface area contributed by atoms with Gasteiger partial charge in [0, 0.05) is 22.3 Å². The number of methoxy groups -OCH3 is 1. The number of H-pyrrole nitrogens is 2. The van der Waals surface area contributed by atoms with Gasteiger partial charge in [-0.3, -0.25) is 9.69 Å². The highest BCUT2D eigenvalue weighted by molar-refractivity contribution is 9.10. The van der Waals surface area contributed by atoms with E-state index in [0.717, 1.165) is 15.8 Å². The number of anilines is 1. The van der Waals surface area contributed by atoms with Crippen LogP contribution in [0.3, 0.4) is 0 Å². The lowest BCUT2D eigenvalue weighted by molar-refractivity contribution is -0.117. The van der Waals surface area contributed by atoms with Crippen LogP contribution in [0.1, 0.15) is 5.56 Å². The van der Waals surface area contributed by atoms with E-state index in [1.165, 1.54) is 0 Å². The van der Waals surface area contributed by atoms with Crippen LogP contribution in [0.5, 0.6) is 5.75 Å². The minimum atomic E-state index is -0.272. The van der Waals surface area contributed by atoms with Gasteiger partial charge in [-0.15, -0.1) is 0 Å². The molecule has 0 spiro atoms. The highest BCUT2D eigenvalue weighted by Crippen LogP contribution is 2.24. The number of halogens is 1. The molecular weight excluding hydrogens is 400 g/mol. The van der Waals surface area contributed by atoms with Gasteiger partial charge in [-0.25, -0.2) is 4.79 Å². The van der Waals surface area contributed by atoms with E-state index in [4.69, 9.17) is 4.74 Å². The maximum absolute atomic E-state index is 12.3. The average molecular weight is 419 g/mol. The van der Waals surface area contributed by atoms with Crippen LogP contribution in [0, 0.1) is 0 Å². The van der Waals surface area contributed by atoms with Gasteiger partial charge < -0.3 is 20.0 Å². The number of hydrogen-bond donors (Lipinski definition) is 3. The van der Waals surface area contributed by atoms with Crippen LogP contribution in [-0.2, 0) is 11.3 Å². The molecule has 26 heavy (non-hydrogen) atoms. The number of carbonyl (C=O) groups excluding carboxylic acids is 1. The fraction of sp³-hybridized carbons (Fsp3) is 0.222. The van der Waals surface area contributed by atoms with Gasteiger partial charge >= 0.3 is 5.69 Å². The number of carbonyl (C=O) groups is 1. The number of benzene rings is 2. The smallest absolute Gasteiger partial charge is 0.323 e. The van der Waals surface area contributed by atoms with Gasteiger partial charge in [0.1, 0.15) is 5.75 Å². The van der Waals surface area contributed by atoms with Gasteiger partial charge in [0.15, 0.2) is 0 Å². The van der Waals surface area contributed by atoms with Gasteiger partial charge in [0.05, 0.1) is 24.7 Å². The van der Waals surface area contributed by atoms with Gasteiger partial charge in [-0.05, 0) is 43.4 Å². The predicted molar refractivity (Wildman–Crippen MR) is 105 cm³/mol. The Labute approximate surface area is 158 Å². The lowest BCUT2D eigenvalue weighted by Crippen LogP contribution is -2.30. The number of nitrogens with one attached hydrogen (secondary N) is 3. The standard InChI is InChI=1S/C18H19BrN4O3/c1-23(9-11-7-12(19)3-6-16(11)26-2)10-17(24)20-13-4-5-14-15(8-13)22-18(25)21-14/h3-8H,9-10H2,1-2H3,(H,20,24)(H2,21,22,25). The molecule has 0 fully saturated rings. The Morgan fingerprint density at radius 1 is 1.19 bits per heavy atom. The van der Waals surface area contributed by atoms with Crippen molar-refractivity contribution >= 4 is 38.6 Å². The molecule has 7 nitrogen and oxygen atoms in total. The number of ether oxygens (including phenoxy) is 1. The molecule has 0 radical (unpaired) electrons. The summed E-state index contributed by atoms with van der Waals surface area (Å²) in [5, 5.41) is 2.84. The second-order valence-corrected chi connectivity index (χ2v) is 6.93. The van der Waals surface area contributed by atoms with E-state index in [1.54, 1.807) is 25.3 Å². The number of aromatic nitrogens is 2. The summed E-state index contributed by atoms with van der Waals surface area (Å²) < 4.78 is 6.32. The molecule has 0 saturated carbocycles. The third-order valence-corrected chi connectivity index (χ3v) is 4.39. The summed E-state index contributed by atoms with van der Waals surface area (Å²) in [4.78, 5) is 30.8. The van der Waals surface area contributed by atoms with Crippen molar-refractivity contribution in [3.05, 3.63) is 56.9 Å². The van der Waals surface area contributed by atoms with E-state index < -0.39 is 0 Å². The minimum absolute atomic E-state index is 0.140. The number of fused-ring (bicyclic) bond motifs is 1. The number of amides is 1. The van der Waals surface area contributed by atoms with Gasteiger partial charge in [0.25, 0.3) is 0 Å². The second kappa shape index (κ2) is 7.76. The summed E-state index contributed by atoms with van der Waals surface area (Å²) in [6, 6.07) is 11.0. The monoisotopic (exact) mass is 418 g/mol. The number of likely N-dealkylation sites (N-methyl/N-ethyl adjacent to an activating group) is 1. The molecular formula is C18H19BrN4O3. The molecule has 0 bridgehead atoms. The summed E-state index contributed by atoms with van der Waals surface area (Å²) >= 11 is 3.45. The fourth-order valence-corrected chi connectivity index (χ4v) is 3.18. The van der Waals surface area contributed by atoms with E-state index >= 15 is 0 Å². The molecule has 136 valence electrons. The number of nitrogens with zero attached hydrogens (tertiary/aromatic N) is 1. The Hall–Kier alpha value is -2.58. The largest absolute Gasteiger partial charge is 0.496 e. The quantitative estimate of drug-likeness (QED) is 0.573. The SMILES string of the molecule is COc1ccc(Br)cc1CN(C)CC(=O)Nc1ccc2[nH]c(=O)[nH]c2c1. The lowest BCUT2D eigenvalue weighted by atomic mass is 10.2. The lowest BCUT2D eigenvalue weighted by Gasteiger charge is -2.18. The first kappa shape index (κ1) is 18.2. The molecule has 3 N–H and O–H groups in total. The number of imidazole rings is 1. The predicted octanol–water partition coefficient (Wildman–Crippen LogP) is 2.70. The van der Waals surface area contributed by atoms with E-state index in [0.29, 0.717) is 23.3 Å². The second-order valence-electron chi connectivity index (χ2n) is 6.02. The Balaban J connectivity index is 1.63. The first-order valence-electron chi connectivity index (χ1n) is 7.97. The van der Waals surface area contributed by atoms with Crippen molar-refractivity contribution in [2.45, 2.75) is 6.54 Å². The van der Waals surface area contributed by atoms with Gasteiger partial charge in [0.2, 0.25) is 5.91 Å². The summed E-state index contributed by atoms with van der Waals surface area (Å²) in [5.74, 6) is 0.640. The molecule has 0 aliphatic rings. The topological polar surface area (TPSA) is 90.2 Å². The third kappa shape index (κ3) is 4.33. The number of aromatic amines is 2. The molecule has 0 aliphatic carbocycles. The number of hydrogen-bond acceptors (Lipinski definition) is 4. The molecule has 1 heterocycles. The summed E-state index contributed by atoms with van der Waals surface area (Å²) in [5.41, 5.74) is 2.70. The Bertz CT molecular complexity index is 996. The molecule has 0 unspecified atom stereocenters. The van der Waals surface area contributed by atoms with E-state index in [1.807, 2.05) is 30.1 Å². The molecule has 2 aromatic carbocycles. The zero-order valence-corrected chi connectivity index (χ0v) is 16.0. The molecule has 0 saturated heterocycles. The number of rotatable bonds is 6. The van der Waals surface area contributed by atoms with E-state index in [-0.39, 0.29) is 18.1 Å². The average Bonchev–Trinajstić information content (AvgIpc) is 2.94. The molecule has 0 atom stereocenters. The van der Waals surface area contributed by atoms with Crippen LogP contribution in [-0.4, -0.2) is 41.5 Å². The highest BCUT2D eigenvalue weighted by Gasteiger charge is 2.11. The maximum atomic E-state index is 12.3. The molecule has 1 amide bonds. The van der Waals surface area contributed by atoms with Crippen LogP contribution >= 0.6 is 15.9 Å². The van der Waals surface area contributed by atoms with E-state index in [2.05, 4.69) is 31.2 Å². The molecule has 0 aliphatic heterocycles. The summed E-state index contributed by atoms with van der Waals surface area (Å²) in [6.07, 6.45) is 0. The Morgan fingerprint density at radius 2 is 1.96 bits per heavy atom. The van der Waals surface area contributed by atoms with Crippen molar-refractivity contribution in [2.75, 3.05) is 26.0 Å². The summed E-state index contributed by atoms with van der Waals surface area (Å²) in [7, 11) is 3.49. The zero-order chi connectivity index (χ0) is 18.7. The van der Waals surface area contributed by atoms with Crippen molar-refractivity contribution < 1.29 is 9.53 Å².